The first-order chi connectivity index (χ1) is 19.1. The summed E-state index contributed by atoms with van der Waals surface area (Å²) in [6, 6.07) is 10.9. The van der Waals surface area contributed by atoms with E-state index in [1.54, 1.807) is 24.2 Å². The Bertz CT molecular complexity index is 1550. The van der Waals surface area contributed by atoms with Crippen LogP contribution in [-0.4, -0.2) is 55.7 Å². The van der Waals surface area contributed by atoms with Gasteiger partial charge in [0.15, 0.2) is 0 Å². The van der Waals surface area contributed by atoms with Gasteiger partial charge in [0.2, 0.25) is 5.91 Å². The molecule has 2 heterocycles. The number of hydrogen-bond donors (Lipinski definition) is 2. The van der Waals surface area contributed by atoms with Gasteiger partial charge >= 0.3 is 5.97 Å². The molecule has 4 aromatic rings. The van der Waals surface area contributed by atoms with E-state index < -0.39 is 12.0 Å². The molecular formula is C31H37N5O4. The lowest BCUT2D eigenvalue weighted by Gasteiger charge is -2.19. The van der Waals surface area contributed by atoms with Crippen molar-refractivity contribution >= 4 is 34.4 Å². The maximum absolute atomic E-state index is 13.6. The first-order valence-electron chi connectivity index (χ1n) is 13.6. The van der Waals surface area contributed by atoms with Gasteiger partial charge in [-0.15, -0.1) is 0 Å². The highest BCUT2D eigenvalue weighted by Gasteiger charge is 2.21. The quantitative estimate of drug-likeness (QED) is 0.270. The van der Waals surface area contributed by atoms with E-state index in [0.717, 1.165) is 33.2 Å². The molecule has 0 fully saturated rings. The Morgan fingerprint density at radius 1 is 1.10 bits per heavy atom. The van der Waals surface area contributed by atoms with E-state index in [2.05, 4.69) is 10.4 Å². The molecule has 0 spiro atoms. The van der Waals surface area contributed by atoms with Crippen LogP contribution < -0.4 is 5.32 Å². The molecule has 40 heavy (non-hydrogen) atoms. The van der Waals surface area contributed by atoms with E-state index in [4.69, 9.17) is 5.11 Å². The van der Waals surface area contributed by atoms with Gasteiger partial charge in [0.1, 0.15) is 6.04 Å². The molecule has 2 aromatic heterocycles. The summed E-state index contributed by atoms with van der Waals surface area (Å²) >= 11 is 0. The Morgan fingerprint density at radius 3 is 2.55 bits per heavy atom. The monoisotopic (exact) mass is 543 g/mol. The second kappa shape index (κ2) is 12.2. The molecule has 2 amide bonds. The largest absolute Gasteiger partial charge is 0.481 e. The first kappa shape index (κ1) is 28.6. The Morgan fingerprint density at radius 2 is 1.88 bits per heavy atom. The van der Waals surface area contributed by atoms with E-state index in [1.807, 2.05) is 79.7 Å². The molecule has 0 saturated carbocycles. The number of nitrogens with one attached hydrogen (secondary N) is 1. The molecule has 210 valence electrons. The van der Waals surface area contributed by atoms with Crippen molar-refractivity contribution in [1.29, 1.82) is 0 Å². The van der Waals surface area contributed by atoms with Crippen molar-refractivity contribution < 1.29 is 19.5 Å². The molecule has 0 radical (unpaired) electrons. The third-order valence-corrected chi connectivity index (χ3v) is 7.27. The number of anilines is 1. The molecular weight excluding hydrogens is 506 g/mol. The summed E-state index contributed by atoms with van der Waals surface area (Å²) in [5.41, 5.74) is 6.08. The average Bonchev–Trinajstić information content (AvgIpc) is 3.49. The zero-order valence-corrected chi connectivity index (χ0v) is 23.8. The van der Waals surface area contributed by atoms with Gasteiger partial charge < -0.3 is 19.9 Å². The van der Waals surface area contributed by atoms with Crippen LogP contribution in [0, 0.1) is 13.8 Å². The lowest BCUT2D eigenvalue weighted by Crippen LogP contribution is -2.26. The summed E-state index contributed by atoms with van der Waals surface area (Å²) in [4.78, 5) is 39.0. The summed E-state index contributed by atoms with van der Waals surface area (Å²) in [6.45, 7) is 8.91. The number of aliphatic carboxylic acids is 1. The number of aromatic nitrogens is 3. The van der Waals surface area contributed by atoms with E-state index >= 15 is 0 Å². The Labute approximate surface area is 234 Å². The van der Waals surface area contributed by atoms with E-state index in [1.165, 1.54) is 0 Å². The minimum atomic E-state index is -0.842. The number of carbonyl (C=O) groups is 3. The van der Waals surface area contributed by atoms with Gasteiger partial charge in [0, 0.05) is 54.6 Å². The molecule has 2 aromatic carbocycles. The predicted molar refractivity (Wildman–Crippen MR) is 156 cm³/mol. The summed E-state index contributed by atoms with van der Waals surface area (Å²) in [7, 11) is 1.78. The third kappa shape index (κ3) is 6.42. The Balaban J connectivity index is 1.60. The summed E-state index contributed by atoms with van der Waals surface area (Å²) in [5.74, 6) is -1.07. The number of benzene rings is 2. The molecule has 0 aliphatic rings. The molecule has 9 heteroatoms. The van der Waals surface area contributed by atoms with Crippen LogP contribution in [0.15, 0.2) is 55.0 Å². The topological polar surface area (TPSA) is 109 Å². The summed E-state index contributed by atoms with van der Waals surface area (Å²) < 4.78 is 3.77. The fourth-order valence-electron chi connectivity index (χ4n) is 4.83. The number of nitrogens with zero attached hydrogens (tertiary/aromatic N) is 4. The van der Waals surface area contributed by atoms with Crippen LogP contribution >= 0.6 is 0 Å². The fourth-order valence-corrected chi connectivity index (χ4v) is 4.83. The van der Waals surface area contributed by atoms with Crippen molar-refractivity contribution in [1.82, 2.24) is 19.2 Å². The smallest absolute Gasteiger partial charge is 0.303 e. The van der Waals surface area contributed by atoms with E-state index in [0.29, 0.717) is 37.2 Å². The number of amides is 2. The predicted octanol–water partition coefficient (Wildman–Crippen LogP) is 5.20. The van der Waals surface area contributed by atoms with Crippen molar-refractivity contribution in [2.24, 2.45) is 0 Å². The Kier molecular flexibility index (Phi) is 8.72. The minimum absolute atomic E-state index is 0.0390. The van der Waals surface area contributed by atoms with E-state index in [-0.39, 0.29) is 18.2 Å². The molecule has 2 N–H and O–H groups in total. The van der Waals surface area contributed by atoms with Gasteiger partial charge in [-0.1, -0.05) is 12.1 Å². The molecule has 0 aliphatic heterocycles. The van der Waals surface area contributed by atoms with Crippen LogP contribution in [-0.2, 0) is 22.6 Å². The summed E-state index contributed by atoms with van der Waals surface area (Å²) in [6.07, 6.45) is 6.77. The van der Waals surface area contributed by atoms with Crippen molar-refractivity contribution in [3.8, 4) is 0 Å². The lowest BCUT2D eigenvalue weighted by molar-refractivity contribution is -0.137. The number of hydrogen-bond acceptors (Lipinski definition) is 4. The molecule has 0 saturated heterocycles. The average molecular weight is 544 g/mol. The van der Waals surface area contributed by atoms with Crippen molar-refractivity contribution in [2.45, 2.75) is 59.5 Å². The van der Waals surface area contributed by atoms with Crippen molar-refractivity contribution in [3.63, 3.8) is 0 Å². The first-order valence-corrected chi connectivity index (χ1v) is 13.6. The number of fused-ring (bicyclic) bond motifs is 1. The molecule has 9 nitrogen and oxygen atoms in total. The zero-order chi connectivity index (χ0) is 29.0. The number of aryl methyl sites for hydroxylation is 3. The van der Waals surface area contributed by atoms with Crippen LogP contribution in [0.25, 0.3) is 10.9 Å². The van der Waals surface area contributed by atoms with Crippen LogP contribution in [0.1, 0.15) is 65.3 Å². The maximum atomic E-state index is 13.6. The van der Waals surface area contributed by atoms with Gasteiger partial charge in [-0.25, -0.2) is 0 Å². The number of carbonyl (C=O) groups excluding carboxylic acids is 2. The highest BCUT2D eigenvalue weighted by Crippen LogP contribution is 2.28. The number of rotatable bonds is 11. The second-order valence-corrected chi connectivity index (χ2v) is 10.4. The molecule has 0 bridgehead atoms. The SMILES string of the molecule is CCN(C)C(=O)c1ccc2c(c1)c(C)cn2C(C)C(=O)Nc1cc(Cn2cc(C)cn2)ccc1CCCC(=O)O. The van der Waals surface area contributed by atoms with Crippen LogP contribution in [0.4, 0.5) is 5.69 Å². The standard InChI is InChI=1S/C31H37N5O4/c1-6-34(5)31(40)25-12-13-28-26(15-25)21(3)18-36(28)22(4)30(39)33-27-14-23(19-35-17-20(2)16-32-35)10-11-24(27)8-7-9-29(37)38/h10-18,22H,6-9,19H2,1-5H3,(H,33,39)(H,37,38). The Hall–Kier alpha value is -4.40. The van der Waals surface area contributed by atoms with Crippen LogP contribution in [0.5, 0.6) is 0 Å². The molecule has 1 atom stereocenters. The normalized spacial score (nSPS) is 11.9. The van der Waals surface area contributed by atoms with Gasteiger partial charge in [-0.3, -0.25) is 19.1 Å². The van der Waals surface area contributed by atoms with Gasteiger partial charge in [-0.05, 0) is 87.1 Å². The lowest BCUT2D eigenvalue weighted by atomic mass is 10.0. The maximum Gasteiger partial charge on any atom is 0.303 e. The van der Waals surface area contributed by atoms with Gasteiger partial charge in [0.05, 0.1) is 12.7 Å². The zero-order valence-electron chi connectivity index (χ0n) is 23.8. The highest BCUT2D eigenvalue weighted by atomic mass is 16.4. The highest BCUT2D eigenvalue weighted by molar-refractivity contribution is 6.00. The third-order valence-electron chi connectivity index (χ3n) is 7.27. The van der Waals surface area contributed by atoms with Crippen LogP contribution in [0.3, 0.4) is 0 Å². The molecule has 1 unspecified atom stereocenters. The second-order valence-electron chi connectivity index (χ2n) is 10.4. The van der Waals surface area contributed by atoms with Crippen LogP contribution in [0.2, 0.25) is 0 Å². The van der Waals surface area contributed by atoms with Crippen molar-refractivity contribution in [2.75, 3.05) is 18.9 Å². The minimum Gasteiger partial charge on any atom is -0.481 e. The number of carboxylic acids is 1. The van der Waals surface area contributed by atoms with E-state index in [9.17, 15) is 14.4 Å². The number of carboxylic acid groups (broad SMARTS) is 1. The fraction of sp³-hybridized carbons (Fsp3) is 0.355. The summed E-state index contributed by atoms with van der Waals surface area (Å²) in [5, 5.41) is 17.5. The molecule has 0 aliphatic carbocycles. The van der Waals surface area contributed by atoms with Gasteiger partial charge in [0.25, 0.3) is 5.91 Å². The van der Waals surface area contributed by atoms with Crippen molar-refractivity contribution in [3.05, 3.63) is 82.8 Å². The van der Waals surface area contributed by atoms with Gasteiger partial charge in [-0.2, -0.15) is 5.10 Å². The molecule has 4 rings (SSSR count).